The zero-order valence-corrected chi connectivity index (χ0v) is 34.7. The van der Waals surface area contributed by atoms with Crippen LogP contribution >= 0.6 is 0 Å². The van der Waals surface area contributed by atoms with Gasteiger partial charge in [0.25, 0.3) is 0 Å². The lowest BCUT2D eigenvalue weighted by molar-refractivity contribution is 1.18. The van der Waals surface area contributed by atoms with Crippen LogP contribution in [0.15, 0.2) is 231 Å². The van der Waals surface area contributed by atoms with Gasteiger partial charge in [-0.05, 0) is 104 Å². The van der Waals surface area contributed by atoms with Crippen LogP contribution < -0.4 is 0 Å². The summed E-state index contributed by atoms with van der Waals surface area (Å²) in [5, 5.41) is 6.92. The van der Waals surface area contributed by atoms with Crippen LogP contribution in [0.2, 0.25) is 0 Å². The highest BCUT2D eigenvalue weighted by Crippen LogP contribution is 2.36. The third kappa shape index (κ3) is 7.13. The molecule has 0 unspecified atom stereocenters. The average molecular weight is 815 g/mol. The van der Waals surface area contributed by atoms with Crippen molar-refractivity contribution in [2.45, 2.75) is 0 Å². The van der Waals surface area contributed by atoms with Crippen LogP contribution in [-0.2, 0) is 0 Å². The number of nitrogens with zero attached hydrogens (tertiary/aromatic N) is 4. The maximum atomic E-state index is 5.35. The first-order chi connectivity index (χ1) is 31.6. The Bertz CT molecular complexity index is 3460. The second-order valence-corrected chi connectivity index (χ2v) is 16.3. The van der Waals surface area contributed by atoms with Gasteiger partial charge in [0.2, 0.25) is 0 Å². The molecule has 0 aliphatic carbocycles. The molecule has 64 heavy (non-hydrogen) atoms. The summed E-state index contributed by atoms with van der Waals surface area (Å²) in [5.41, 5.74) is 14.8. The summed E-state index contributed by atoms with van der Waals surface area (Å²) in [7, 11) is 0. The first-order valence-corrected chi connectivity index (χ1v) is 21.6. The number of hydrogen-bond donors (Lipinski definition) is 0. The molecule has 0 aliphatic heterocycles. The van der Waals surface area contributed by atoms with E-state index in [2.05, 4.69) is 218 Å². The summed E-state index contributed by atoms with van der Waals surface area (Å²) < 4.78 is 0. The van der Waals surface area contributed by atoms with Crippen LogP contribution in [0.3, 0.4) is 0 Å². The zero-order chi connectivity index (χ0) is 42.4. The highest BCUT2D eigenvalue weighted by atomic mass is 14.9. The third-order valence-electron chi connectivity index (χ3n) is 12.2. The Morgan fingerprint density at radius 3 is 1.02 bits per heavy atom. The lowest BCUT2D eigenvalue weighted by Crippen LogP contribution is -1.97. The van der Waals surface area contributed by atoms with Crippen LogP contribution in [0.1, 0.15) is 0 Å². The highest BCUT2D eigenvalue weighted by Gasteiger charge is 2.16. The van der Waals surface area contributed by atoms with Gasteiger partial charge in [0.1, 0.15) is 0 Å². The molecule has 0 fully saturated rings. The quantitative estimate of drug-likeness (QED) is 0.150. The van der Waals surface area contributed by atoms with Crippen molar-refractivity contribution in [2.24, 2.45) is 0 Å². The maximum absolute atomic E-state index is 5.35. The fourth-order valence-corrected chi connectivity index (χ4v) is 8.80. The molecule has 3 heterocycles. The Labute approximate surface area is 370 Å². The Morgan fingerprint density at radius 1 is 0.188 bits per heavy atom. The normalized spacial score (nSPS) is 11.4. The van der Waals surface area contributed by atoms with Gasteiger partial charge in [-0.3, -0.25) is 0 Å². The third-order valence-corrected chi connectivity index (χ3v) is 12.2. The topological polar surface area (TPSA) is 51.6 Å². The summed E-state index contributed by atoms with van der Waals surface area (Å²) in [6, 6.07) is 81.1. The molecule has 12 rings (SSSR count). The van der Waals surface area contributed by atoms with E-state index >= 15 is 0 Å². The molecule has 0 N–H and O–H groups in total. The van der Waals surface area contributed by atoms with Crippen molar-refractivity contribution in [3.63, 3.8) is 0 Å². The number of aromatic nitrogens is 4. The van der Waals surface area contributed by atoms with E-state index in [0.717, 1.165) is 94.3 Å². The fourth-order valence-electron chi connectivity index (χ4n) is 8.80. The number of fused-ring (bicyclic) bond motifs is 4. The Kier molecular flexibility index (Phi) is 9.12. The largest absolute Gasteiger partial charge is 0.248 e. The molecule has 0 radical (unpaired) electrons. The zero-order valence-electron chi connectivity index (χ0n) is 34.7. The van der Waals surface area contributed by atoms with Gasteiger partial charge in [-0.25, -0.2) is 19.9 Å². The van der Waals surface area contributed by atoms with Crippen molar-refractivity contribution in [2.75, 3.05) is 0 Å². The molecule has 0 saturated carbocycles. The molecule has 9 aromatic carbocycles. The van der Waals surface area contributed by atoms with E-state index in [1.165, 1.54) is 21.9 Å². The van der Waals surface area contributed by atoms with Crippen LogP contribution in [0.25, 0.3) is 122 Å². The predicted octanol–water partition coefficient (Wildman–Crippen LogP) is 15.5. The maximum Gasteiger partial charge on any atom is 0.160 e. The van der Waals surface area contributed by atoms with Gasteiger partial charge in [-0.15, -0.1) is 0 Å². The number of rotatable bonds is 7. The van der Waals surface area contributed by atoms with Gasteiger partial charge in [-0.1, -0.05) is 170 Å². The monoisotopic (exact) mass is 814 g/mol. The van der Waals surface area contributed by atoms with Gasteiger partial charge in [0.05, 0.1) is 33.8 Å². The molecule has 0 spiro atoms. The summed E-state index contributed by atoms with van der Waals surface area (Å²) in [5.74, 6) is 0.651. The Morgan fingerprint density at radius 2 is 0.547 bits per heavy atom. The number of hydrogen-bond acceptors (Lipinski definition) is 4. The molecule has 3 aromatic heterocycles. The lowest BCUT2D eigenvalue weighted by atomic mass is 9.96. The summed E-state index contributed by atoms with van der Waals surface area (Å²) in [6.45, 7) is 0. The highest BCUT2D eigenvalue weighted by molar-refractivity contribution is 5.99. The number of pyridine rings is 2. The van der Waals surface area contributed by atoms with E-state index in [1.54, 1.807) is 0 Å². The van der Waals surface area contributed by atoms with E-state index in [4.69, 9.17) is 19.9 Å². The van der Waals surface area contributed by atoms with Crippen molar-refractivity contribution in [3.8, 4) is 78.7 Å². The van der Waals surface area contributed by atoms with E-state index in [1.807, 2.05) is 12.1 Å². The van der Waals surface area contributed by atoms with Crippen LogP contribution in [0.4, 0.5) is 0 Å². The van der Waals surface area contributed by atoms with Crippen molar-refractivity contribution in [1.82, 2.24) is 19.9 Å². The van der Waals surface area contributed by atoms with Crippen LogP contribution in [-0.4, -0.2) is 19.9 Å². The Hall–Kier alpha value is -8.60. The second-order valence-electron chi connectivity index (χ2n) is 16.3. The van der Waals surface area contributed by atoms with E-state index < -0.39 is 0 Å². The van der Waals surface area contributed by atoms with E-state index in [-0.39, 0.29) is 0 Å². The number of benzene rings is 9. The van der Waals surface area contributed by atoms with Gasteiger partial charge in [-0.2, -0.15) is 0 Å². The SMILES string of the molecule is c1ccc(-c2ccc(-c3cc(-c4cc(-c5ccc6cc7ccccc7cc6n5)cc(-c5ccc6cc7ccccc7cc6n5)c4)nc(-c4ccc(-c5ccccc5)cc4)n3)cc2)cc1. The molecule has 298 valence electrons. The standard InChI is InChI=1S/C60H38N4/c1-3-11-39(12-4-1)41-19-23-43(24-20-41)58-38-59(64-60(63-58)44-25-21-42(22-26-44)40-13-5-2-6-14-40)53-34-51(54-29-27-49-31-45-15-7-9-17-47(45)36-56(49)61-54)33-52(35-53)55-30-28-50-32-46-16-8-10-18-48(46)37-57(50)62-55/h1-38H. The van der Waals surface area contributed by atoms with Crippen LogP contribution in [0.5, 0.6) is 0 Å². The average Bonchev–Trinajstić information content (AvgIpc) is 3.37. The Balaban J connectivity index is 1.04. The summed E-state index contributed by atoms with van der Waals surface area (Å²) in [4.78, 5) is 21.2. The molecule has 0 amide bonds. The molecule has 0 bridgehead atoms. The molecular weight excluding hydrogens is 777 g/mol. The molecule has 0 aliphatic rings. The van der Waals surface area contributed by atoms with Gasteiger partial charge >= 0.3 is 0 Å². The second kappa shape index (κ2) is 15.7. The smallest absolute Gasteiger partial charge is 0.160 e. The molecule has 12 aromatic rings. The van der Waals surface area contributed by atoms with Gasteiger partial charge in [0.15, 0.2) is 5.82 Å². The molecule has 4 nitrogen and oxygen atoms in total. The summed E-state index contributed by atoms with van der Waals surface area (Å²) >= 11 is 0. The minimum absolute atomic E-state index is 0.651. The minimum atomic E-state index is 0.651. The first kappa shape index (κ1) is 37.2. The van der Waals surface area contributed by atoms with Gasteiger partial charge in [0, 0.05) is 38.6 Å². The van der Waals surface area contributed by atoms with Crippen molar-refractivity contribution >= 4 is 43.4 Å². The molecular formula is C60H38N4. The minimum Gasteiger partial charge on any atom is -0.248 e. The molecule has 4 heteroatoms. The van der Waals surface area contributed by atoms with Crippen LogP contribution in [0, 0.1) is 0 Å². The van der Waals surface area contributed by atoms with Gasteiger partial charge < -0.3 is 0 Å². The summed E-state index contributed by atoms with van der Waals surface area (Å²) in [6.07, 6.45) is 0. The lowest BCUT2D eigenvalue weighted by Gasteiger charge is -2.14. The van der Waals surface area contributed by atoms with Crippen molar-refractivity contribution in [3.05, 3.63) is 231 Å². The van der Waals surface area contributed by atoms with Crippen molar-refractivity contribution in [1.29, 1.82) is 0 Å². The molecule has 0 atom stereocenters. The van der Waals surface area contributed by atoms with Crippen molar-refractivity contribution < 1.29 is 0 Å². The fraction of sp³-hybridized carbons (Fsp3) is 0. The molecule has 0 saturated heterocycles. The predicted molar refractivity (Wildman–Crippen MR) is 266 cm³/mol. The first-order valence-electron chi connectivity index (χ1n) is 21.6. The van der Waals surface area contributed by atoms with E-state index in [0.29, 0.717) is 5.82 Å². The van der Waals surface area contributed by atoms with E-state index in [9.17, 15) is 0 Å².